The van der Waals surface area contributed by atoms with Crippen LogP contribution in [0.25, 0.3) is 10.8 Å². The Kier molecular flexibility index (Phi) is 13.7. The normalized spacial score (nSPS) is 13.4. The molecule has 4 aromatic carbocycles. The smallest absolute Gasteiger partial charge is 0.408 e. The first-order valence-electron chi connectivity index (χ1n) is 17.6. The molecular weight excluding hydrogens is 674 g/mol. The molecular formula is C41H45N5O7. The fourth-order valence-electron chi connectivity index (χ4n) is 5.98. The number of fused-ring (bicyclic) bond motifs is 1. The molecule has 0 aliphatic heterocycles. The van der Waals surface area contributed by atoms with Crippen LogP contribution in [-0.4, -0.2) is 63.2 Å². The highest BCUT2D eigenvalue weighted by atomic mass is 16.5. The molecule has 0 saturated carbocycles. The van der Waals surface area contributed by atoms with Crippen LogP contribution in [-0.2, 0) is 38.6 Å². The van der Waals surface area contributed by atoms with Crippen LogP contribution >= 0.6 is 0 Å². The molecule has 0 spiro atoms. The Bertz CT molecular complexity index is 1930. The van der Waals surface area contributed by atoms with Crippen molar-refractivity contribution in [3.8, 4) is 5.75 Å². The van der Waals surface area contributed by atoms with Crippen LogP contribution in [0, 0.1) is 5.92 Å². The molecule has 0 saturated heterocycles. The highest BCUT2D eigenvalue weighted by Gasteiger charge is 2.32. The number of benzene rings is 4. The zero-order valence-corrected chi connectivity index (χ0v) is 29.7. The van der Waals surface area contributed by atoms with Gasteiger partial charge in [-0.15, -0.1) is 0 Å². The number of aromatic amines is 1. The fraction of sp³-hybridized carbons (Fsp3) is 0.293. The number of aromatic nitrogens is 2. The van der Waals surface area contributed by atoms with Gasteiger partial charge < -0.3 is 35.5 Å². The van der Waals surface area contributed by atoms with Gasteiger partial charge in [-0.1, -0.05) is 105 Å². The van der Waals surface area contributed by atoms with Crippen LogP contribution in [0.4, 0.5) is 4.79 Å². The lowest BCUT2D eigenvalue weighted by Gasteiger charge is -2.28. The van der Waals surface area contributed by atoms with E-state index in [9.17, 15) is 24.3 Å². The maximum atomic E-state index is 14.2. The van der Waals surface area contributed by atoms with E-state index >= 15 is 0 Å². The molecule has 3 amide bonds. The SMILES string of the molecule is CC(C)CC(NC(=O)[C@@H](Cc1cnc[nH]1)NC(=O)[C@H](Cc1cccc2ccccc12)NC(=O)OCc1ccccc1)C(O)CC(=O)Oc1ccccc1. The van der Waals surface area contributed by atoms with Gasteiger partial charge in [0.2, 0.25) is 11.8 Å². The summed E-state index contributed by atoms with van der Waals surface area (Å²) < 4.78 is 10.8. The Labute approximate surface area is 308 Å². The topological polar surface area (TPSA) is 172 Å². The number of carbonyl (C=O) groups is 4. The van der Waals surface area contributed by atoms with E-state index in [1.807, 2.05) is 86.6 Å². The van der Waals surface area contributed by atoms with Crippen molar-refractivity contribution in [1.82, 2.24) is 25.9 Å². The third kappa shape index (κ3) is 11.8. The number of esters is 1. The zero-order valence-electron chi connectivity index (χ0n) is 29.7. The lowest BCUT2D eigenvalue weighted by atomic mass is 9.96. The Morgan fingerprint density at radius 1 is 0.774 bits per heavy atom. The van der Waals surface area contributed by atoms with Gasteiger partial charge in [0.05, 0.1) is 24.9 Å². The standard InChI is InChI=1S/C41H45N5O7/c1-27(2)20-34(37(47)23-38(48)53-32-17-7-4-8-18-32)44-40(50)36(22-31-24-42-26-43-31)45-39(49)35(46-41(51)52-25-28-12-5-3-6-13-28)21-30-16-11-15-29-14-9-10-19-33(29)30/h3-19,24,26-27,34-37,47H,20-23,25H2,1-2H3,(H,42,43)(H,44,50)(H,45,49)(H,46,51)/t34?,35-,36+,37?/m0/s1. The summed E-state index contributed by atoms with van der Waals surface area (Å²) in [5.41, 5.74) is 2.16. The molecule has 1 heterocycles. The van der Waals surface area contributed by atoms with E-state index in [1.54, 1.807) is 36.5 Å². The van der Waals surface area contributed by atoms with Crippen LogP contribution in [0.1, 0.15) is 43.5 Å². The highest BCUT2D eigenvalue weighted by Crippen LogP contribution is 2.21. The molecule has 53 heavy (non-hydrogen) atoms. The Morgan fingerprint density at radius 3 is 2.15 bits per heavy atom. The molecule has 4 atom stereocenters. The molecule has 5 N–H and O–H groups in total. The van der Waals surface area contributed by atoms with Crippen molar-refractivity contribution < 1.29 is 33.8 Å². The first-order valence-corrected chi connectivity index (χ1v) is 17.6. The van der Waals surface area contributed by atoms with Crippen molar-refractivity contribution in [1.29, 1.82) is 0 Å². The van der Waals surface area contributed by atoms with E-state index in [0.717, 1.165) is 21.9 Å². The van der Waals surface area contributed by atoms with Crippen LogP contribution < -0.4 is 20.7 Å². The minimum Gasteiger partial charge on any atom is -0.445 e. The molecule has 1 aromatic heterocycles. The van der Waals surface area contributed by atoms with E-state index in [-0.39, 0.29) is 31.8 Å². The fourth-order valence-corrected chi connectivity index (χ4v) is 5.98. The van der Waals surface area contributed by atoms with Crippen molar-refractivity contribution in [2.24, 2.45) is 5.92 Å². The number of amides is 3. The van der Waals surface area contributed by atoms with Gasteiger partial charge in [0.25, 0.3) is 0 Å². The average molecular weight is 720 g/mol. The lowest BCUT2D eigenvalue weighted by molar-refractivity contribution is -0.138. The molecule has 0 bridgehead atoms. The summed E-state index contributed by atoms with van der Waals surface area (Å²) in [5.74, 6) is -1.49. The predicted molar refractivity (Wildman–Crippen MR) is 200 cm³/mol. The number of hydrogen-bond donors (Lipinski definition) is 5. The van der Waals surface area contributed by atoms with Gasteiger partial charge in [-0.2, -0.15) is 0 Å². The van der Waals surface area contributed by atoms with E-state index in [0.29, 0.717) is 17.9 Å². The summed E-state index contributed by atoms with van der Waals surface area (Å²) in [5, 5.41) is 21.5. The van der Waals surface area contributed by atoms with Crippen molar-refractivity contribution >= 4 is 34.6 Å². The number of ether oxygens (including phenoxy) is 2. The Hall–Kier alpha value is -6.01. The minimum atomic E-state index is -1.28. The second kappa shape index (κ2) is 19.0. The number of alkyl carbamates (subject to hydrolysis) is 1. The van der Waals surface area contributed by atoms with Crippen molar-refractivity contribution in [3.05, 3.63) is 132 Å². The lowest BCUT2D eigenvalue weighted by Crippen LogP contribution is -2.57. The van der Waals surface area contributed by atoms with Gasteiger partial charge in [0.15, 0.2) is 0 Å². The maximum absolute atomic E-state index is 14.2. The summed E-state index contributed by atoms with van der Waals surface area (Å²) in [6, 6.07) is 28.0. The molecule has 5 rings (SSSR count). The summed E-state index contributed by atoms with van der Waals surface area (Å²) in [4.78, 5) is 61.0. The van der Waals surface area contributed by atoms with Gasteiger partial charge in [-0.3, -0.25) is 14.4 Å². The molecule has 0 aliphatic carbocycles. The molecule has 2 unspecified atom stereocenters. The third-order valence-corrected chi connectivity index (χ3v) is 8.61. The average Bonchev–Trinajstić information content (AvgIpc) is 3.67. The van der Waals surface area contributed by atoms with Gasteiger partial charge >= 0.3 is 12.1 Å². The number of hydrogen-bond acceptors (Lipinski definition) is 8. The van der Waals surface area contributed by atoms with Crippen LogP contribution in [0.2, 0.25) is 0 Å². The summed E-state index contributed by atoms with van der Waals surface area (Å²) in [6.45, 7) is 3.86. The van der Waals surface area contributed by atoms with Gasteiger partial charge in [-0.05, 0) is 46.4 Å². The summed E-state index contributed by atoms with van der Waals surface area (Å²) >= 11 is 0. The van der Waals surface area contributed by atoms with Gasteiger partial charge in [0.1, 0.15) is 24.4 Å². The highest BCUT2D eigenvalue weighted by molar-refractivity contribution is 5.93. The molecule has 276 valence electrons. The number of nitrogens with one attached hydrogen (secondary N) is 4. The number of imidazole rings is 1. The van der Waals surface area contributed by atoms with Crippen molar-refractivity contribution in [2.45, 2.75) is 70.4 Å². The second-order valence-corrected chi connectivity index (χ2v) is 13.2. The number of aliphatic hydroxyl groups excluding tert-OH is 1. The number of H-pyrrole nitrogens is 1. The monoisotopic (exact) mass is 719 g/mol. The predicted octanol–water partition coefficient (Wildman–Crippen LogP) is 5.02. The molecule has 5 aromatic rings. The van der Waals surface area contributed by atoms with E-state index in [1.165, 1.54) is 6.33 Å². The van der Waals surface area contributed by atoms with Crippen LogP contribution in [0.15, 0.2) is 116 Å². The summed E-state index contributed by atoms with van der Waals surface area (Å²) in [7, 11) is 0. The van der Waals surface area contributed by atoms with E-state index in [4.69, 9.17) is 9.47 Å². The third-order valence-electron chi connectivity index (χ3n) is 8.61. The second-order valence-electron chi connectivity index (χ2n) is 13.2. The van der Waals surface area contributed by atoms with E-state index < -0.39 is 48.1 Å². The quantitative estimate of drug-likeness (QED) is 0.0659. The van der Waals surface area contributed by atoms with E-state index in [2.05, 4.69) is 25.9 Å². The van der Waals surface area contributed by atoms with Gasteiger partial charge in [-0.25, -0.2) is 9.78 Å². The summed E-state index contributed by atoms with van der Waals surface area (Å²) in [6.07, 6.45) is 1.03. The van der Waals surface area contributed by atoms with Crippen molar-refractivity contribution in [2.75, 3.05) is 0 Å². The Balaban J connectivity index is 1.34. The number of para-hydroxylation sites is 1. The molecule has 12 nitrogen and oxygen atoms in total. The minimum absolute atomic E-state index is 0.00140. The molecule has 0 fully saturated rings. The van der Waals surface area contributed by atoms with Crippen molar-refractivity contribution in [3.63, 3.8) is 0 Å². The maximum Gasteiger partial charge on any atom is 0.408 e. The molecule has 0 aliphatic rings. The largest absolute Gasteiger partial charge is 0.445 e. The first-order chi connectivity index (χ1) is 25.6. The van der Waals surface area contributed by atoms with Gasteiger partial charge in [0, 0.05) is 24.7 Å². The van der Waals surface area contributed by atoms with Crippen LogP contribution in [0.3, 0.4) is 0 Å². The number of nitrogens with zero attached hydrogens (tertiary/aromatic N) is 1. The van der Waals surface area contributed by atoms with Crippen LogP contribution in [0.5, 0.6) is 5.75 Å². The molecule has 12 heteroatoms. The number of carbonyl (C=O) groups excluding carboxylic acids is 4. The number of aliphatic hydroxyl groups is 1. The molecule has 0 radical (unpaired) electrons. The number of rotatable bonds is 17. The zero-order chi connectivity index (χ0) is 37.6. The Morgan fingerprint density at radius 2 is 1.43 bits per heavy atom. The first kappa shape index (κ1) is 38.2.